The van der Waals surface area contributed by atoms with E-state index in [-0.39, 0.29) is 12.5 Å². The number of para-hydroxylation sites is 1. The highest BCUT2D eigenvalue weighted by molar-refractivity contribution is 5.92. The molecule has 0 unspecified atom stereocenters. The number of aryl methyl sites for hydroxylation is 2. The molecule has 0 saturated carbocycles. The lowest BCUT2D eigenvalue weighted by molar-refractivity contribution is -0.116. The minimum absolute atomic E-state index is 0.112. The van der Waals surface area contributed by atoms with Gasteiger partial charge < -0.3 is 5.32 Å². The molecule has 6 nitrogen and oxygen atoms in total. The average Bonchev–Trinajstić information content (AvgIpc) is 2.76. The zero-order valence-electron chi connectivity index (χ0n) is 9.71. The maximum absolute atomic E-state index is 11.8. The van der Waals surface area contributed by atoms with Gasteiger partial charge in [0.2, 0.25) is 5.91 Å². The summed E-state index contributed by atoms with van der Waals surface area (Å²) in [7, 11) is 0. The second kappa shape index (κ2) is 4.73. The Labute approximate surface area is 98.6 Å². The van der Waals surface area contributed by atoms with Crippen LogP contribution in [0.3, 0.4) is 0 Å². The number of hydrogen-bond donors (Lipinski definition) is 1. The van der Waals surface area contributed by atoms with Crippen LogP contribution >= 0.6 is 0 Å². The Morgan fingerprint density at radius 1 is 1.35 bits per heavy atom. The summed E-state index contributed by atoms with van der Waals surface area (Å²) >= 11 is 0. The van der Waals surface area contributed by atoms with Crippen LogP contribution in [0.15, 0.2) is 24.5 Å². The third kappa shape index (κ3) is 2.66. The molecule has 1 aromatic heterocycles. The molecule has 17 heavy (non-hydrogen) atoms. The molecule has 1 aromatic carbocycles. The normalized spacial score (nSPS) is 10.2. The van der Waals surface area contributed by atoms with Crippen molar-refractivity contribution in [1.29, 1.82) is 0 Å². The largest absolute Gasteiger partial charge is 0.324 e. The molecule has 0 saturated heterocycles. The van der Waals surface area contributed by atoms with Gasteiger partial charge in [0, 0.05) is 5.69 Å². The fraction of sp³-hybridized carbons (Fsp3) is 0.273. The van der Waals surface area contributed by atoms with Gasteiger partial charge in [0.1, 0.15) is 12.9 Å². The van der Waals surface area contributed by atoms with Gasteiger partial charge in [-0.1, -0.05) is 18.2 Å². The van der Waals surface area contributed by atoms with Gasteiger partial charge in [0.25, 0.3) is 0 Å². The molecule has 2 aromatic rings. The summed E-state index contributed by atoms with van der Waals surface area (Å²) in [6.07, 6.45) is 1.41. The summed E-state index contributed by atoms with van der Waals surface area (Å²) in [6.45, 7) is 4.03. The van der Waals surface area contributed by atoms with E-state index < -0.39 is 0 Å². The first kappa shape index (κ1) is 11.3. The number of tetrazole rings is 1. The highest BCUT2D eigenvalue weighted by Crippen LogP contribution is 2.19. The van der Waals surface area contributed by atoms with Gasteiger partial charge in [0.15, 0.2) is 0 Å². The zero-order valence-corrected chi connectivity index (χ0v) is 9.71. The number of nitrogens with zero attached hydrogens (tertiary/aromatic N) is 4. The number of rotatable bonds is 3. The predicted octanol–water partition coefficient (Wildman–Crippen LogP) is 0.929. The summed E-state index contributed by atoms with van der Waals surface area (Å²) in [5.41, 5.74) is 2.93. The molecule has 0 spiro atoms. The minimum atomic E-state index is -0.144. The van der Waals surface area contributed by atoms with Crippen molar-refractivity contribution in [3.63, 3.8) is 0 Å². The number of nitrogens with one attached hydrogen (secondary N) is 1. The molecule has 0 aliphatic heterocycles. The number of anilines is 1. The maximum Gasteiger partial charge on any atom is 0.246 e. The number of carbonyl (C=O) groups is 1. The number of carbonyl (C=O) groups excluding carboxylic acids is 1. The van der Waals surface area contributed by atoms with Crippen molar-refractivity contribution in [3.05, 3.63) is 35.7 Å². The van der Waals surface area contributed by atoms with E-state index in [1.807, 2.05) is 32.0 Å². The van der Waals surface area contributed by atoms with Crippen LogP contribution < -0.4 is 5.32 Å². The monoisotopic (exact) mass is 231 g/mol. The van der Waals surface area contributed by atoms with Crippen molar-refractivity contribution in [2.75, 3.05) is 5.32 Å². The number of amides is 1. The summed E-state index contributed by atoms with van der Waals surface area (Å²) in [5.74, 6) is -0.144. The molecule has 1 heterocycles. The Hall–Kier alpha value is -2.24. The fourth-order valence-corrected chi connectivity index (χ4v) is 1.59. The lowest BCUT2D eigenvalue weighted by Crippen LogP contribution is -2.20. The first-order valence-electron chi connectivity index (χ1n) is 5.23. The molecule has 88 valence electrons. The first-order chi connectivity index (χ1) is 8.16. The van der Waals surface area contributed by atoms with E-state index in [0.717, 1.165) is 16.8 Å². The second-order valence-electron chi connectivity index (χ2n) is 3.82. The number of benzene rings is 1. The van der Waals surface area contributed by atoms with Crippen molar-refractivity contribution in [3.8, 4) is 0 Å². The minimum Gasteiger partial charge on any atom is -0.324 e. The van der Waals surface area contributed by atoms with E-state index in [0.29, 0.717) is 0 Å². The highest BCUT2D eigenvalue weighted by atomic mass is 16.2. The molecule has 0 radical (unpaired) electrons. The van der Waals surface area contributed by atoms with Crippen LogP contribution in [0, 0.1) is 13.8 Å². The van der Waals surface area contributed by atoms with E-state index in [4.69, 9.17) is 0 Å². The standard InChI is InChI=1S/C11H13N5O/c1-8-4-3-5-9(2)11(8)13-10(17)6-16-7-12-14-15-16/h3-5,7H,6H2,1-2H3,(H,13,17). The highest BCUT2D eigenvalue weighted by Gasteiger charge is 2.08. The molecular formula is C11H13N5O. The van der Waals surface area contributed by atoms with Crippen LogP contribution in [0.4, 0.5) is 5.69 Å². The Morgan fingerprint density at radius 2 is 2.06 bits per heavy atom. The van der Waals surface area contributed by atoms with Gasteiger partial charge in [-0.3, -0.25) is 4.79 Å². The molecule has 2 rings (SSSR count). The molecule has 0 fully saturated rings. The van der Waals surface area contributed by atoms with E-state index in [1.165, 1.54) is 11.0 Å². The van der Waals surface area contributed by atoms with Crippen molar-refractivity contribution >= 4 is 11.6 Å². The van der Waals surface area contributed by atoms with Crippen molar-refractivity contribution in [1.82, 2.24) is 20.2 Å². The summed E-state index contributed by atoms with van der Waals surface area (Å²) in [4.78, 5) is 11.8. The first-order valence-corrected chi connectivity index (χ1v) is 5.23. The van der Waals surface area contributed by atoms with E-state index in [2.05, 4.69) is 20.8 Å². The maximum atomic E-state index is 11.8. The quantitative estimate of drug-likeness (QED) is 0.852. The van der Waals surface area contributed by atoms with Crippen LogP contribution in [0.25, 0.3) is 0 Å². The van der Waals surface area contributed by atoms with Gasteiger partial charge in [-0.25, -0.2) is 4.68 Å². The topological polar surface area (TPSA) is 72.7 Å². The van der Waals surface area contributed by atoms with Crippen molar-refractivity contribution in [2.45, 2.75) is 20.4 Å². The Bertz CT molecular complexity index is 500. The number of aromatic nitrogens is 4. The molecule has 0 aliphatic rings. The van der Waals surface area contributed by atoms with Gasteiger partial charge >= 0.3 is 0 Å². The average molecular weight is 231 g/mol. The Balaban J connectivity index is 2.08. The lowest BCUT2D eigenvalue weighted by Gasteiger charge is -2.10. The van der Waals surface area contributed by atoms with Crippen molar-refractivity contribution in [2.24, 2.45) is 0 Å². The van der Waals surface area contributed by atoms with E-state index in [9.17, 15) is 4.79 Å². The van der Waals surface area contributed by atoms with Crippen LogP contribution in [-0.4, -0.2) is 26.1 Å². The van der Waals surface area contributed by atoms with E-state index in [1.54, 1.807) is 0 Å². The SMILES string of the molecule is Cc1cccc(C)c1NC(=O)Cn1cnnn1. The van der Waals surface area contributed by atoms with E-state index >= 15 is 0 Å². The molecule has 0 bridgehead atoms. The molecule has 6 heteroatoms. The molecule has 0 aliphatic carbocycles. The predicted molar refractivity (Wildman–Crippen MR) is 62.4 cm³/mol. The Kier molecular flexibility index (Phi) is 3.13. The molecule has 0 atom stereocenters. The summed E-state index contributed by atoms with van der Waals surface area (Å²) in [6, 6.07) is 5.88. The van der Waals surface area contributed by atoms with Crippen LogP contribution in [0.5, 0.6) is 0 Å². The molecular weight excluding hydrogens is 218 g/mol. The fourth-order valence-electron chi connectivity index (χ4n) is 1.59. The van der Waals surface area contributed by atoms with Gasteiger partial charge in [-0.05, 0) is 35.4 Å². The van der Waals surface area contributed by atoms with Crippen LogP contribution in [0.1, 0.15) is 11.1 Å². The van der Waals surface area contributed by atoms with Crippen molar-refractivity contribution < 1.29 is 4.79 Å². The third-order valence-corrected chi connectivity index (χ3v) is 2.44. The van der Waals surface area contributed by atoms with Gasteiger partial charge in [-0.2, -0.15) is 0 Å². The second-order valence-corrected chi connectivity index (χ2v) is 3.82. The van der Waals surface area contributed by atoms with Gasteiger partial charge in [0.05, 0.1) is 0 Å². The van der Waals surface area contributed by atoms with Gasteiger partial charge in [-0.15, -0.1) is 5.10 Å². The molecule has 1 N–H and O–H groups in total. The molecule has 1 amide bonds. The summed E-state index contributed by atoms with van der Waals surface area (Å²) in [5, 5.41) is 13.4. The third-order valence-electron chi connectivity index (χ3n) is 2.44. The zero-order chi connectivity index (χ0) is 12.3. The van der Waals surface area contributed by atoms with Crippen LogP contribution in [-0.2, 0) is 11.3 Å². The number of hydrogen-bond acceptors (Lipinski definition) is 4. The van der Waals surface area contributed by atoms with Crippen LogP contribution in [0.2, 0.25) is 0 Å². The summed E-state index contributed by atoms with van der Waals surface area (Å²) < 4.78 is 1.38. The Morgan fingerprint density at radius 3 is 2.65 bits per heavy atom. The smallest absolute Gasteiger partial charge is 0.246 e. The lowest BCUT2D eigenvalue weighted by atomic mass is 10.1.